The maximum absolute atomic E-state index is 13.3. The number of hydrogen-bond donors (Lipinski definition) is 1. The van der Waals surface area contributed by atoms with Gasteiger partial charge in [-0.2, -0.15) is 5.10 Å². The van der Waals surface area contributed by atoms with Crippen LogP contribution in [-0.4, -0.2) is 43.9 Å². The highest BCUT2D eigenvalue weighted by atomic mass is 19.1. The van der Waals surface area contributed by atoms with Gasteiger partial charge in [0, 0.05) is 19.1 Å². The van der Waals surface area contributed by atoms with Crippen LogP contribution in [0.15, 0.2) is 30.6 Å². The van der Waals surface area contributed by atoms with Crippen LogP contribution in [0.2, 0.25) is 0 Å². The first kappa shape index (κ1) is 16.5. The third kappa shape index (κ3) is 3.44. The van der Waals surface area contributed by atoms with Crippen molar-refractivity contribution in [2.24, 2.45) is 0 Å². The molecule has 1 aromatic carbocycles. The fourth-order valence-corrected chi connectivity index (χ4v) is 3.19. The monoisotopic (exact) mass is 334 g/mol. The van der Waals surface area contributed by atoms with Crippen LogP contribution in [0.4, 0.5) is 10.1 Å². The number of aromatic nitrogens is 2. The molecule has 0 spiro atoms. The van der Waals surface area contributed by atoms with Gasteiger partial charge >= 0.3 is 5.69 Å². The number of hydrogen-bond acceptors (Lipinski definition) is 5. The van der Waals surface area contributed by atoms with E-state index in [0.717, 1.165) is 24.1 Å². The van der Waals surface area contributed by atoms with E-state index >= 15 is 0 Å². The summed E-state index contributed by atoms with van der Waals surface area (Å²) in [6.07, 6.45) is 2.51. The molecule has 0 radical (unpaired) electrons. The van der Waals surface area contributed by atoms with Crippen molar-refractivity contribution < 1.29 is 14.4 Å². The smallest absolute Gasteiger partial charge is 0.306 e. The normalized spacial score (nSPS) is 19.0. The SMILES string of the molecule is C[C@@H]1c2ccc(F)cc2CCN1C[C@@H](O)Cn1cc([N+](=O)[O-])cn1. The van der Waals surface area contributed by atoms with E-state index in [1.54, 1.807) is 12.1 Å². The lowest BCUT2D eigenvalue weighted by atomic mass is 9.93. The number of aliphatic hydroxyl groups is 1. The minimum Gasteiger partial charge on any atom is -0.390 e. The topological polar surface area (TPSA) is 84.4 Å². The Kier molecular flexibility index (Phi) is 4.59. The lowest BCUT2D eigenvalue weighted by Crippen LogP contribution is -2.40. The molecule has 0 unspecified atom stereocenters. The Morgan fingerprint density at radius 2 is 2.29 bits per heavy atom. The summed E-state index contributed by atoms with van der Waals surface area (Å²) in [5, 5.41) is 24.8. The summed E-state index contributed by atoms with van der Waals surface area (Å²) in [4.78, 5) is 12.3. The molecule has 0 saturated carbocycles. The molecule has 8 heteroatoms. The van der Waals surface area contributed by atoms with E-state index in [0.29, 0.717) is 6.54 Å². The first-order chi connectivity index (χ1) is 11.4. The molecular weight excluding hydrogens is 315 g/mol. The Balaban J connectivity index is 1.63. The molecule has 1 aromatic heterocycles. The zero-order valence-corrected chi connectivity index (χ0v) is 13.3. The van der Waals surface area contributed by atoms with Gasteiger partial charge in [-0.3, -0.25) is 19.7 Å². The van der Waals surface area contributed by atoms with E-state index in [9.17, 15) is 19.6 Å². The summed E-state index contributed by atoms with van der Waals surface area (Å²) in [5.41, 5.74) is 1.99. The predicted octanol–water partition coefficient (Wildman–Crippen LogP) is 1.91. The lowest BCUT2D eigenvalue weighted by molar-refractivity contribution is -0.385. The van der Waals surface area contributed by atoms with Crippen LogP contribution in [0.25, 0.3) is 0 Å². The number of rotatable bonds is 5. The van der Waals surface area contributed by atoms with E-state index in [1.165, 1.54) is 23.1 Å². The molecule has 2 aromatic rings. The van der Waals surface area contributed by atoms with Crippen molar-refractivity contribution in [1.29, 1.82) is 0 Å². The number of nitro groups is 1. The number of aliphatic hydroxyl groups excluding tert-OH is 1. The molecule has 0 saturated heterocycles. The van der Waals surface area contributed by atoms with Crippen LogP contribution in [-0.2, 0) is 13.0 Å². The number of fused-ring (bicyclic) bond motifs is 1. The fourth-order valence-electron chi connectivity index (χ4n) is 3.19. The van der Waals surface area contributed by atoms with Gasteiger partial charge in [0.15, 0.2) is 0 Å². The zero-order chi connectivity index (χ0) is 17.3. The standard InChI is InChI=1S/C16H19FN4O3/c1-11-16-3-2-13(17)6-12(16)4-5-19(11)9-15(22)10-20-8-14(7-18-20)21(23)24/h2-3,6-8,11,15,22H,4-5,9-10H2,1H3/t11-,15-/m1/s1. The van der Waals surface area contributed by atoms with Crippen molar-refractivity contribution in [3.63, 3.8) is 0 Å². The van der Waals surface area contributed by atoms with Gasteiger partial charge in [0.25, 0.3) is 0 Å². The van der Waals surface area contributed by atoms with Crippen LogP contribution in [0, 0.1) is 15.9 Å². The third-order valence-electron chi connectivity index (χ3n) is 4.44. The molecule has 2 heterocycles. The van der Waals surface area contributed by atoms with Crippen molar-refractivity contribution in [3.8, 4) is 0 Å². The Hall–Kier alpha value is -2.32. The summed E-state index contributed by atoms with van der Waals surface area (Å²) in [6, 6.07) is 4.90. The van der Waals surface area contributed by atoms with Gasteiger partial charge < -0.3 is 5.11 Å². The molecule has 0 fully saturated rings. The number of β-amino-alcohol motifs (C(OH)–C–C–N with tert-alkyl or cyclic N) is 1. The van der Waals surface area contributed by atoms with Crippen LogP contribution in [0.5, 0.6) is 0 Å². The van der Waals surface area contributed by atoms with Gasteiger partial charge in [0.05, 0.1) is 17.6 Å². The summed E-state index contributed by atoms with van der Waals surface area (Å²) < 4.78 is 14.7. The molecule has 7 nitrogen and oxygen atoms in total. The average molecular weight is 334 g/mol. The minimum absolute atomic E-state index is 0.0796. The largest absolute Gasteiger partial charge is 0.390 e. The highest BCUT2D eigenvalue weighted by Gasteiger charge is 2.26. The van der Waals surface area contributed by atoms with Gasteiger partial charge in [0.2, 0.25) is 0 Å². The van der Waals surface area contributed by atoms with E-state index in [4.69, 9.17) is 0 Å². The maximum Gasteiger partial charge on any atom is 0.306 e. The molecule has 3 rings (SSSR count). The molecule has 1 N–H and O–H groups in total. The summed E-state index contributed by atoms with van der Waals surface area (Å²) in [5.74, 6) is -0.227. The highest BCUT2D eigenvalue weighted by Crippen LogP contribution is 2.29. The Morgan fingerprint density at radius 1 is 1.50 bits per heavy atom. The quantitative estimate of drug-likeness (QED) is 0.667. The number of benzene rings is 1. The molecule has 0 amide bonds. The molecule has 0 aliphatic carbocycles. The van der Waals surface area contributed by atoms with Gasteiger partial charge in [-0.05, 0) is 36.6 Å². The Bertz CT molecular complexity index is 749. The second-order valence-electron chi connectivity index (χ2n) is 6.10. The summed E-state index contributed by atoms with van der Waals surface area (Å²) in [6.45, 7) is 3.37. The number of nitrogens with zero attached hydrogens (tertiary/aromatic N) is 4. The van der Waals surface area contributed by atoms with Crippen molar-refractivity contribution in [1.82, 2.24) is 14.7 Å². The Morgan fingerprint density at radius 3 is 3.00 bits per heavy atom. The van der Waals surface area contributed by atoms with Crippen LogP contribution < -0.4 is 0 Å². The van der Waals surface area contributed by atoms with Crippen molar-refractivity contribution in [2.45, 2.75) is 32.0 Å². The second-order valence-corrected chi connectivity index (χ2v) is 6.10. The van der Waals surface area contributed by atoms with E-state index in [1.807, 2.05) is 6.92 Å². The molecule has 0 bridgehead atoms. The lowest BCUT2D eigenvalue weighted by Gasteiger charge is -2.36. The predicted molar refractivity (Wildman–Crippen MR) is 85.0 cm³/mol. The Labute approximate surface area is 138 Å². The molecule has 1 aliphatic rings. The molecule has 2 atom stereocenters. The number of halogens is 1. The average Bonchev–Trinajstić information content (AvgIpc) is 2.98. The second kappa shape index (κ2) is 6.66. The maximum atomic E-state index is 13.3. The van der Waals surface area contributed by atoms with E-state index in [-0.39, 0.29) is 24.1 Å². The van der Waals surface area contributed by atoms with Crippen molar-refractivity contribution in [2.75, 3.05) is 13.1 Å². The van der Waals surface area contributed by atoms with Gasteiger partial charge in [0.1, 0.15) is 18.2 Å². The van der Waals surface area contributed by atoms with Crippen LogP contribution in [0.3, 0.4) is 0 Å². The van der Waals surface area contributed by atoms with Gasteiger partial charge in [-0.15, -0.1) is 0 Å². The molecule has 128 valence electrons. The van der Waals surface area contributed by atoms with E-state index in [2.05, 4.69) is 10.00 Å². The molecular formula is C16H19FN4O3. The van der Waals surface area contributed by atoms with E-state index < -0.39 is 11.0 Å². The van der Waals surface area contributed by atoms with Crippen LogP contribution >= 0.6 is 0 Å². The van der Waals surface area contributed by atoms with Gasteiger partial charge in [-0.1, -0.05) is 6.07 Å². The molecule has 24 heavy (non-hydrogen) atoms. The fraction of sp³-hybridized carbons (Fsp3) is 0.438. The van der Waals surface area contributed by atoms with Crippen LogP contribution in [0.1, 0.15) is 24.1 Å². The molecule has 1 aliphatic heterocycles. The highest BCUT2D eigenvalue weighted by molar-refractivity contribution is 5.32. The summed E-state index contributed by atoms with van der Waals surface area (Å²) in [7, 11) is 0. The minimum atomic E-state index is -0.700. The van der Waals surface area contributed by atoms with Crippen molar-refractivity contribution in [3.05, 3.63) is 57.7 Å². The first-order valence-corrected chi connectivity index (χ1v) is 7.81. The zero-order valence-electron chi connectivity index (χ0n) is 13.3. The van der Waals surface area contributed by atoms with Gasteiger partial charge in [-0.25, -0.2) is 4.39 Å². The van der Waals surface area contributed by atoms with Crippen molar-refractivity contribution >= 4 is 5.69 Å². The summed E-state index contributed by atoms with van der Waals surface area (Å²) >= 11 is 0. The first-order valence-electron chi connectivity index (χ1n) is 7.81. The third-order valence-corrected chi connectivity index (χ3v) is 4.44.